The van der Waals surface area contributed by atoms with E-state index in [2.05, 4.69) is 24.9 Å². The molecule has 2 N–H and O–H groups in total. The van der Waals surface area contributed by atoms with Crippen LogP contribution in [0.5, 0.6) is 0 Å². The van der Waals surface area contributed by atoms with E-state index in [9.17, 15) is 18.0 Å². The fourth-order valence-corrected chi connectivity index (χ4v) is 6.60. The average molecular weight is 609 g/mol. The molecule has 0 radical (unpaired) electrons. The van der Waals surface area contributed by atoms with Crippen LogP contribution in [0.1, 0.15) is 33.7 Å². The van der Waals surface area contributed by atoms with Gasteiger partial charge in [-0.3, -0.25) is 9.59 Å². The summed E-state index contributed by atoms with van der Waals surface area (Å²) in [4.78, 5) is 38.0. The summed E-state index contributed by atoms with van der Waals surface area (Å²) in [6, 6.07) is 20.8. The highest BCUT2D eigenvalue weighted by Crippen LogP contribution is 2.40. The summed E-state index contributed by atoms with van der Waals surface area (Å²) in [5.41, 5.74) is 5.03. The molecule has 11 heteroatoms. The predicted molar refractivity (Wildman–Crippen MR) is 172 cm³/mol. The van der Waals surface area contributed by atoms with E-state index in [0.29, 0.717) is 56.9 Å². The molecule has 224 valence electrons. The number of nitrogens with zero attached hydrogens (tertiary/aromatic N) is 4. The van der Waals surface area contributed by atoms with E-state index in [1.54, 1.807) is 48.7 Å². The third-order valence-corrected chi connectivity index (χ3v) is 8.92. The summed E-state index contributed by atoms with van der Waals surface area (Å²) in [7, 11) is 0.0722. The Morgan fingerprint density at radius 1 is 0.818 bits per heavy atom. The number of aryl methyl sites for hydroxylation is 2. The summed E-state index contributed by atoms with van der Waals surface area (Å²) in [6.45, 7) is 4.82. The number of aromatic nitrogens is 3. The van der Waals surface area contributed by atoms with Crippen molar-refractivity contribution in [1.29, 1.82) is 0 Å². The van der Waals surface area contributed by atoms with Crippen LogP contribution in [0.3, 0.4) is 0 Å². The van der Waals surface area contributed by atoms with Gasteiger partial charge < -0.3 is 14.8 Å². The predicted octanol–water partition coefficient (Wildman–Crippen LogP) is 5.12. The van der Waals surface area contributed by atoms with Crippen LogP contribution in [0.25, 0.3) is 22.0 Å². The second-order valence-electron chi connectivity index (χ2n) is 11.2. The van der Waals surface area contributed by atoms with Gasteiger partial charge in [0.15, 0.2) is 5.78 Å². The molecule has 0 fully saturated rings. The molecule has 0 saturated carbocycles. The first-order chi connectivity index (χ1) is 21.0. The number of hydrogen-bond donors (Lipinski definition) is 2. The lowest BCUT2D eigenvalue weighted by atomic mass is 10.0. The standard InChI is InChI=1S/C33H32N6O4S/c1-20-18-21(2)35-33(34-20)37-44(42,43)24-13-10-22(11-14-24)36-23-12-15-25-28(19-23)32(41)39(17-7-16-38(3)4)30-26-8-5-6-9-27(26)31(40)29(25)30/h5-6,8-15,18-19,36H,7,16-17H2,1-4H3,(H,34,35,37). The summed E-state index contributed by atoms with van der Waals surface area (Å²) in [6.07, 6.45) is 0.749. The van der Waals surface area contributed by atoms with Crippen LogP contribution in [-0.4, -0.2) is 54.3 Å². The van der Waals surface area contributed by atoms with E-state index in [1.165, 1.54) is 12.1 Å². The van der Waals surface area contributed by atoms with E-state index in [4.69, 9.17) is 0 Å². The molecular formula is C33H32N6O4S. The first kappa shape index (κ1) is 29.2. The second-order valence-corrected chi connectivity index (χ2v) is 12.9. The quantitative estimate of drug-likeness (QED) is 0.232. The summed E-state index contributed by atoms with van der Waals surface area (Å²) < 4.78 is 30.1. The molecule has 0 unspecified atom stereocenters. The zero-order chi connectivity index (χ0) is 31.2. The summed E-state index contributed by atoms with van der Waals surface area (Å²) in [5.74, 6) is -0.0689. The van der Waals surface area contributed by atoms with Gasteiger partial charge in [-0.25, -0.2) is 23.1 Å². The highest BCUT2D eigenvalue weighted by molar-refractivity contribution is 7.92. The van der Waals surface area contributed by atoms with Gasteiger partial charge >= 0.3 is 0 Å². The van der Waals surface area contributed by atoms with Crippen LogP contribution in [0.15, 0.2) is 82.5 Å². The smallest absolute Gasteiger partial charge is 0.264 e. The Balaban J connectivity index is 1.32. The van der Waals surface area contributed by atoms with Crippen molar-refractivity contribution in [2.45, 2.75) is 31.7 Å². The lowest BCUT2D eigenvalue weighted by Crippen LogP contribution is -2.25. The van der Waals surface area contributed by atoms with Gasteiger partial charge in [0.2, 0.25) is 5.95 Å². The lowest BCUT2D eigenvalue weighted by Gasteiger charge is -2.17. The van der Waals surface area contributed by atoms with Gasteiger partial charge in [-0.05, 0) is 83.4 Å². The van der Waals surface area contributed by atoms with Gasteiger partial charge in [0.25, 0.3) is 15.6 Å². The maximum absolute atomic E-state index is 14.0. The molecule has 1 aliphatic carbocycles. The van der Waals surface area contributed by atoms with Crippen molar-refractivity contribution in [1.82, 2.24) is 19.4 Å². The highest BCUT2D eigenvalue weighted by atomic mass is 32.2. The Hall–Kier alpha value is -4.87. The molecular weight excluding hydrogens is 576 g/mol. The average Bonchev–Trinajstić information content (AvgIpc) is 3.26. The van der Waals surface area contributed by atoms with Crippen LogP contribution >= 0.6 is 0 Å². The summed E-state index contributed by atoms with van der Waals surface area (Å²) >= 11 is 0. The van der Waals surface area contributed by atoms with Gasteiger partial charge in [-0.1, -0.05) is 30.3 Å². The number of nitrogens with one attached hydrogen (secondary N) is 2. The SMILES string of the molecule is Cc1cc(C)nc(NS(=O)(=O)c2ccc(Nc3ccc4c5c(n(CCCN(C)C)c(=O)c4c3)-c3ccccc3C5=O)cc2)n1. The first-order valence-electron chi connectivity index (χ1n) is 14.2. The first-order valence-corrected chi connectivity index (χ1v) is 15.7. The number of fused-ring (bicyclic) bond motifs is 5. The monoisotopic (exact) mass is 608 g/mol. The third kappa shape index (κ3) is 5.47. The molecule has 3 aromatic carbocycles. The van der Waals surface area contributed by atoms with Gasteiger partial charge in [0.05, 0.1) is 21.5 Å². The third-order valence-electron chi connectivity index (χ3n) is 7.57. The number of pyridine rings is 1. The second kappa shape index (κ2) is 11.3. The molecule has 1 aliphatic rings. The number of benzene rings is 3. The molecule has 0 aliphatic heterocycles. The Bertz CT molecular complexity index is 2080. The molecule has 0 bridgehead atoms. The van der Waals surface area contributed by atoms with E-state index in [-0.39, 0.29) is 22.2 Å². The van der Waals surface area contributed by atoms with Crippen LogP contribution in [0, 0.1) is 13.8 Å². The topological polar surface area (TPSA) is 126 Å². The van der Waals surface area contributed by atoms with Gasteiger partial charge in [0, 0.05) is 45.8 Å². The number of hydrogen-bond acceptors (Lipinski definition) is 8. The van der Waals surface area contributed by atoms with Gasteiger partial charge in [-0.2, -0.15) is 0 Å². The number of rotatable bonds is 9. The normalized spacial score (nSPS) is 12.4. The highest BCUT2D eigenvalue weighted by Gasteiger charge is 2.32. The minimum atomic E-state index is -3.90. The Kier molecular flexibility index (Phi) is 7.52. The molecule has 0 atom stereocenters. The van der Waals surface area contributed by atoms with Crippen LogP contribution in [0.2, 0.25) is 0 Å². The molecule has 5 aromatic rings. The maximum Gasteiger partial charge on any atom is 0.264 e. The summed E-state index contributed by atoms with van der Waals surface area (Å²) in [5, 5.41) is 4.31. The number of sulfonamides is 1. The van der Waals surface area contributed by atoms with Crippen molar-refractivity contribution < 1.29 is 13.2 Å². The van der Waals surface area contributed by atoms with Gasteiger partial charge in [-0.15, -0.1) is 0 Å². The molecule has 2 aromatic heterocycles. The largest absolute Gasteiger partial charge is 0.356 e. The van der Waals surface area contributed by atoms with Crippen molar-refractivity contribution in [3.63, 3.8) is 0 Å². The molecule has 0 saturated heterocycles. The maximum atomic E-state index is 14.0. The van der Waals surface area contributed by atoms with E-state index in [1.807, 2.05) is 44.4 Å². The molecule has 0 amide bonds. The van der Waals surface area contributed by atoms with Crippen molar-refractivity contribution in [3.8, 4) is 11.3 Å². The molecule has 6 rings (SSSR count). The molecule has 2 heterocycles. The zero-order valence-electron chi connectivity index (χ0n) is 24.9. The molecule has 10 nitrogen and oxygen atoms in total. The number of anilines is 3. The van der Waals surface area contributed by atoms with Crippen molar-refractivity contribution in [2.75, 3.05) is 30.7 Å². The molecule has 0 spiro atoms. The van der Waals surface area contributed by atoms with E-state index >= 15 is 0 Å². The van der Waals surface area contributed by atoms with Crippen LogP contribution < -0.4 is 15.6 Å². The van der Waals surface area contributed by atoms with Crippen LogP contribution in [-0.2, 0) is 16.6 Å². The van der Waals surface area contributed by atoms with Crippen LogP contribution in [0.4, 0.5) is 17.3 Å². The van der Waals surface area contributed by atoms with Crippen molar-refractivity contribution in [2.24, 2.45) is 0 Å². The van der Waals surface area contributed by atoms with Gasteiger partial charge in [0.1, 0.15) is 0 Å². The number of carbonyl (C=O) groups is 1. The Morgan fingerprint density at radius 2 is 1.48 bits per heavy atom. The van der Waals surface area contributed by atoms with E-state index in [0.717, 1.165) is 18.5 Å². The number of ketones is 1. The Morgan fingerprint density at radius 3 is 2.16 bits per heavy atom. The van der Waals surface area contributed by atoms with E-state index < -0.39 is 10.0 Å². The minimum Gasteiger partial charge on any atom is -0.356 e. The Labute approximate surface area is 255 Å². The molecule has 44 heavy (non-hydrogen) atoms. The minimum absolute atomic E-state index is 0.0151. The zero-order valence-corrected chi connectivity index (χ0v) is 25.7. The fourth-order valence-electron chi connectivity index (χ4n) is 5.65. The lowest BCUT2D eigenvalue weighted by molar-refractivity contribution is 0.104. The fraction of sp³-hybridized carbons (Fsp3) is 0.212. The van der Waals surface area contributed by atoms with Crippen molar-refractivity contribution in [3.05, 3.63) is 106 Å². The number of carbonyl (C=O) groups excluding carboxylic acids is 1. The van der Waals surface area contributed by atoms with Crippen molar-refractivity contribution >= 4 is 43.9 Å².